The van der Waals surface area contributed by atoms with Gasteiger partial charge in [-0.2, -0.15) is 13.5 Å². The molecular formula is C20H24N4O6S. The Bertz CT molecular complexity index is 1200. The maximum Gasteiger partial charge on any atom is 0.294 e. The zero-order valence-corrected chi connectivity index (χ0v) is 17.6. The maximum absolute atomic E-state index is 11.6. The van der Waals surface area contributed by atoms with Crippen molar-refractivity contribution in [2.75, 3.05) is 24.6 Å². The molecule has 10 nitrogen and oxygen atoms in total. The smallest absolute Gasteiger partial charge is 0.294 e. The van der Waals surface area contributed by atoms with Gasteiger partial charge in [0.15, 0.2) is 11.5 Å². The lowest BCUT2D eigenvalue weighted by atomic mass is 10.0. The Balaban J connectivity index is 0.00000341. The van der Waals surface area contributed by atoms with Gasteiger partial charge in [-0.05, 0) is 31.2 Å². The summed E-state index contributed by atoms with van der Waals surface area (Å²) in [6.45, 7) is 2.17. The number of benzene rings is 3. The number of phenolic OH excluding ortho intramolecular Hbond substituents is 2. The molecule has 0 atom stereocenters. The highest BCUT2D eigenvalue weighted by Crippen LogP contribution is 2.50. The number of fused-ring (bicyclic) bond motifs is 1. The van der Waals surface area contributed by atoms with E-state index >= 15 is 0 Å². The first kappa shape index (κ1) is 24.0. The fraction of sp³-hybridized carbons (Fsp3) is 0.200. The Morgan fingerprint density at radius 3 is 2.23 bits per heavy atom. The number of hydrogen-bond acceptors (Lipinski definition) is 9. The van der Waals surface area contributed by atoms with E-state index in [2.05, 4.69) is 10.2 Å². The fourth-order valence-corrected chi connectivity index (χ4v) is 3.64. The Morgan fingerprint density at radius 1 is 0.968 bits per heavy atom. The van der Waals surface area contributed by atoms with Gasteiger partial charge in [-0.15, -0.1) is 5.11 Å². The van der Waals surface area contributed by atoms with Gasteiger partial charge in [-0.1, -0.05) is 24.3 Å². The number of phenols is 2. The summed E-state index contributed by atoms with van der Waals surface area (Å²) in [5, 5.41) is 39.3. The molecule has 0 saturated heterocycles. The van der Waals surface area contributed by atoms with Crippen LogP contribution in [0.25, 0.3) is 10.8 Å². The van der Waals surface area contributed by atoms with Gasteiger partial charge in [0.2, 0.25) is 0 Å². The summed E-state index contributed by atoms with van der Waals surface area (Å²) < 4.78 is 32.7. The molecule has 0 aliphatic heterocycles. The minimum atomic E-state index is -4.52. The molecule has 0 heterocycles. The quantitative estimate of drug-likeness (QED) is 0.205. The first-order chi connectivity index (χ1) is 14.3. The van der Waals surface area contributed by atoms with Crippen LogP contribution in [0, 0.1) is 0 Å². The number of aliphatic hydroxyl groups is 1. The second-order valence-corrected chi connectivity index (χ2v) is 7.84. The van der Waals surface area contributed by atoms with Crippen LogP contribution in [0.4, 0.5) is 17.1 Å². The van der Waals surface area contributed by atoms with Crippen LogP contribution < -0.4 is 11.1 Å². The topological polar surface area (TPSA) is 178 Å². The van der Waals surface area contributed by atoms with E-state index in [1.807, 2.05) is 0 Å². The lowest BCUT2D eigenvalue weighted by Crippen LogP contribution is -2.26. The molecule has 166 valence electrons. The second-order valence-electron chi connectivity index (χ2n) is 6.42. The van der Waals surface area contributed by atoms with E-state index in [9.17, 15) is 28.3 Å². The van der Waals surface area contributed by atoms with Crippen LogP contribution >= 0.6 is 0 Å². The van der Waals surface area contributed by atoms with E-state index in [4.69, 9.17) is 0 Å². The Morgan fingerprint density at radius 2 is 1.65 bits per heavy atom. The van der Waals surface area contributed by atoms with Gasteiger partial charge in [-0.3, -0.25) is 4.55 Å². The SMILES string of the molecule is CCN(CCO)c1c(O)c(O)c(N=Nc2ccccc2)c2cc(S(=O)(=O)O)ccc12.N. The van der Waals surface area contributed by atoms with Crippen LogP contribution in [0.2, 0.25) is 0 Å². The van der Waals surface area contributed by atoms with Gasteiger partial charge in [-0.25, -0.2) is 0 Å². The van der Waals surface area contributed by atoms with Crippen molar-refractivity contribution in [2.24, 2.45) is 10.2 Å². The molecule has 0 bridgehead atoms. The molecule has 0 spiro atoms. The average Bonchev–Trinajstić information content (AvgIpc) is 2.73. The van der Waals surface area contributed by atoms with Gasteiger partial charge in [0, 0.05) is 23.9 Å². The molecule has 7 N–H and O–H groups in total. The van der Waals surface area contributed by atoms with E-state index < -0.39 is 26.5 Å². The standard InChI is InChI=1S/C20H21N3O6S.H3N/c1-2-23(10-11-24)18-15-9-8-14(30(27,28)29)12-16(15)17(19(25)20(18)26)22-21-13-6-4-3-5-7-13;/h3-9,12,24-26H,2,10-11H2,1H3,(H,27,28,29);1H3. The van der Waals surface area contributed by atoms with E-state index in [1.165, 1.54) is 12.1 Å². The first-order valence-corrected chi connectivity index (χ1v) is 10.5. The van der Waals surface area contributed by atoms with Crippen LogP contribution in [0.1, 0.15) is 6.92 Å². The van der Waals surface area contributed by atoms with E-state index in [0.717, 1.165) is 6.07 Å². The summed E-state index contributed by atoms with van der Waals surface area (Å²) in [5.74, 6) is -1.07. The molecule has 3 rings (SSSR count). The molecule has 0 amide bonds. The highest BCUT2D eigenvalue weighted by atomic mass is 32.2. The van der Waals surface area contributed by atoms with Crippen LogP contribution in [0.5, 0.6) is 11.5 Å². The molecule has 0 aromatic heterocycles. The van der Waals surface area contributed by atoms with Crippen molar-refractivity contribution in [1.29, 1.82) is 0 Å². The number of aromatic hydroxyl groups is 2. The molecular weight excluding hydrogens is 424 g/mol. The van der Waals surface area contributed by atoms with Gasteiger partial charge in [0.05, 0.1) is 22.9 Å². The number of aliphatic hydroxyl groups excluding tert-OH is 1. The minimum Gasteiger partial charge on any atom is -0.503 e. The normalized spacial score (nSPS) is 11.6. The predicted octanol–water partition coefficient (Wildman–Crippen LogP) is 3.89. The van der Waals surface area contributed by atoms with Gasteiger partial charge < -0.3 is 26.4 Å². The summed E-state index contributed by atoms with van der Waals surface area (Å²) in [5.41, 5.74) is 0.537. The molecule has 31 heavy (non-hydrogen) atoms. The summed E-state index contributed by atoms with van der Waals surface area (Å²) in [4.78, 5) is 1.23. The van der Waals surface area contributed by atoms with Crippen molar-refractivity contribution in [3.8, 4) is 11.5 Å². The molecule has 0 aliphatic carbocycles. The summed E-state index contributed by atoms with van der Waals surface area (Å²) in [6.07, 6.45) is 0. The predicted molar refractivity (Wildman–Crippen MR) is 118 cm³/mol. The minimum absolute atomic E-state index is 0. The Kier molecular flexibility index (Phi) is 7.52. The number of likely N-dealkylation sites (N-methyl/N-ethyl adjacent to an activating group) is 1. The van der Waals surface area contributed by atoms with E-state index in [-0.39, 0.29) is 36.1 Å². The number of azo groups is 1. The molecule has 0 saturated carbocycles. The highest BCUT2D eigenvalue weighted by molar-refractivity contribution is 7.85. The number of rotatable bonds is 7. The third kappa shape index (κ3) is 4.91. The third-order valence-electron chi connectivity index (χ3n) is 4.56. The van der Waals surface area contributed by atoms with Crippen molar-refractivity contribution in [2.45, 2.75) is 11.8 Å². The highest BCUT2D eigenvalue weighted by Gasteiger charge is 2.24. The summed E-state index contributed by atoms with van der Waals surface area (Å²) in [7, 11) is -4.52. The Labute approximate surface area is 179 Å². The molecule has 3 aromatic rings. The lowest BCUT2D eigenvalue weighted by Gasteiger charge is -2.26. The summed E-state index contributed by atoms with van der Waals surface area (Å²) in [6, 6.07) is 12.4. The zero-order valence-electron chi connectivity index (χ0n) is 16.8. The van der Waals surface area contributed by atoms with Crippen molar-refractivity contribution in [1.82, 2.24) is 6.15 Å². The number of hydrogen-bond donors (Lipinski definition) is 5. The van der Waals surface area contributed by atoms with Crippen LogP contribution in [-0.2, 0) is 10.1 Å². The Hall–Kier alpha value is -3.25. The van der Waals surface area contributed by atoms with Crippen molar-refractivity contribution < 1.29 is 28.3 Å². The fourth-order valence-electron chi connectivity index (χ4n) is 3.14. The zero-order chi connectivity index (χ0) is 21.9. The van der Waals surface area contributed by atoms with Gasteiger partial charge in [0.25, 0.3) is 10.1 Å². The summed E-state index contributed by atoms with van der Waals surface area (Å²) >= 11 is 0. The average molecular weight is 449 g/mol. The van der Waals surface area contributed by atoms with Crippen LogP contribution in [0.15, 0.2) is 63.7 Å². The van der Waals surface area contributed by atoms with Crippen LogP contribution in [0.3, 0.4) is 0 Å². The molecule has 3 aromatic carbocycles. The third-order valence-corrected chi connectivity index (χ3v) is 5.41. The molecule has 0 aliphatic rings. The lowest BCUT2D eigenvalue weighted by molar-refractivity contribution is 0.302. The second kappa shape index (κ2) is 9.71. The van der Waals surface area contributed by atoms with Gasteiger partial charge in [0.1, 0.15) is 5.69 Å². The number of anilines is 1. The number of nitrogens with zero attached hydrogens (tertiary/aromatic N) is 3. The van der Waals surface area contributed by atoms with Crippen LogP contribution in [-0.4, -0.2) is 48.0 Å². The monoisotopic (exact) mass is 448 g/mol. The van der Waals surface area contributed by atoms with E-state index in [0.29, 0.717) is 17.6 Å². The van der Waals surface area contributed by atoms with Crippen molar-refractivity contribution in [3.05, 3.63) is 48.5 Å². The van der Waals surface area contributed by atoms with Crippen molar-refractivity contribution >= 4 is 38.0 Å². The van der Waals surface area contributed by atoms with E-state index in [1.54, 1.807) is 42.2 Å². The van der Waals surface area contributed by atoms with Crippen molar-refractivity contribution in [3.63, 3.8) is 0 Å². The first-order valence-electron chi connectivity index (χ1n) is 9.09. The maximum atomic E-state index is 11.6. The molecule has 0 unspecified atom stereocenters. The molecule has 11 heteroatoms. The largest absolute Gasteiger partial charge is 0.503 e. The van der Waals surface area contributed by atoms with Gasteiger partial charge >= 0.3 is 0 Å². The molecule has 0 fully saturated rings. The molecule has 0 radical (unpaired) electrons.